The molecule has 4 unspecified atom stereocenters. The Kier molecular flexibility index (Phi) is 18.2. The molecule has 0 bridgehead atoms. The number of carboxylic acids is 1. The molecule has 7 rings (SSSR count). The van der Waals surface area contributed by atoms with Crippen molar-refractivity contribution in [3.8, 4) is 25.7 Å². The van der Waals surface area contributed by atoms with E-state index in [0.29, 0.717) is 40.7 Å². The lowest BCUT2D eigenvalue weighted by Gasteiger charge is -2.68. The van der Waals surface area contributed by atoms with Crippen LogP contribution in [0.15, 0.2) is 67.5 Å². The van der Waals surface area contributed by atoms with E-state index in [9.17, 15) is 14.7 Å². The fourth-order valence-corrected chi connectivity index (χ4v) is 12.3. The van der Waals surface area contributed by atoms with E-state index in [4.69, 9.17) is 0 Å². The molecule has 4 saturated carbocycles. The normalized spacial score (nSPS) is 31.5. The first-order valence-corrected chi connectivity index (χ1v) is 20.7. The second-order valence-electron chi connectivity index (χ2n) is 17.2. The van der Waals surface area contributed by atoms with Gasteiger partial charge in [0.25, 0.3) is 0 Å². The molecule has 5 nitrogen and oxygen atoms in total. The van der Waals surface area contributed by atoms with Crippen molar-refractivity contribution in [2.45, 2.75) is 126 Å². The first-order valence-electron chi connectivity index (χ1n) is 20.7. The number of terminal acetylenes is 2. The summed E-state index contributed by atoms with van der Waals surface area (Å²) in [5, 5.41) is 11.9. The summed E-state index contributed by atoms with van der Waals surface area (Å²) in [5.41, 5.74) is 5.79. The predicted molar refractivity (Wildman–Crippen MR) is 232 cm³/mol. The number of pyridine rings is 1. The molecule has 0 saturated heterocycles. The van der Waals surface area contributed by atoms with Gasteiger partial charge in [-0.25, -0.2) is 4.79 Å². The van der Waals surface area contributed by atoms with Crippen LogP contribution in [-0.4, -0.2) is 29.0 Å². The molecular formula is C50H72N2O3. The lowest BCUT2D eigenvalue weighted by atomic mass is 9.36. The van der Waals surface area contributed by atoms with Crippen molar-refractivity contribution in [2.75, 3.05) is 6.54 Å². The number of amides is 1. The van der Waals surface area contributed by atoms with Gasteiger partial charge in [0, 0.05) is 18.9 Å². The Hall–Kier alpha value is -4.09. The minimum Gasteiger partial charge on any atom is -0.478 e. The van der Waals surface area contributed by atoms with Gasteiger partial charge in [0.2, 0.25) is 6.41 Å². The average molecular weight is 749 g/mol. The van der Waals surface area contributed by atoms with E-state index in [2.05, 4.69) is 83.3 Å². The Labute approximate surface area is 335 Å². The summed E-state index contributed by atoms with van der Waals surface area (Å²) in [7, 11) is 0. The predicted octanol–water partition coefficient (Wildman–Crippen LogP) is 12.0. The van der Waals surface area contributed by atoms with Crippen LogP contribution in [0.1, 0.15) is 141 Å². The van der Waals surface area contributed by atoms with E-state index >= 15 is 0 Å². The number of hydrogen-bond acceptors (Lipinski definition) is 3. The van der Waals surface area contributed by atoms with Crippen LogP contribution in [0.25, 0.3) is 5.57 Å². The molecule has 5 aliphatic rings. The molecule has 55 heavy (non-hydrogen) atoms. The Morgan fingerprint density at radius 1 is 0.891 bits per heavy atom. The molecule has 1 aromatic heterocycles. The molecule has 1 amide bonds. The average Bonchev–Trinajstić information content (AvgIpc) is 3.60. The highest BCUT2D eigenvalue weighted by Gasteiger charge is 2.64. The molecule has 0 radical (unpaired) electrons. The van der Waals surface area contributed by atoms with Crippen molar-refractivity contribution in [1.29, 1.82) is 0 Å². The van der Waals surface area contributed by atoms with Gasteiger partial charge in [-0.05, 0) is 157 Å². The summed E-state index contributed by atoms with van der Waals surface area (Å²) in [5.74, 6) is 3.58. The van der Waals surface area contributed by atoms with Gasteiger partial charge in [-0.3, -0.25) is 9.78 Å². The van der Waals surface area contributed by atoms with E-state index < -0.39 is 5.97 Å². The molecule has 2 aromatic rings. The molecule has 1 heterocycles. The zero-order valence-electron chi connectivity index (χ0n) is 35.5. The summed E-state index contributed by atoms with van der Waals surface area (Å²) in [4.78, 5) is 25.2. The van der Waals surface area contributed by atoms with Crippen LogP contribution in [0.4, 0.5) is 0 Å². The number of carbonyl (C=O) groups is 2. The van der Waals surface area contributed by atoms with Crippen LogP contribution in [0, 0.1) is 76.9 Å². The van der Waals surface area contributed by atoms with E-state index in [0.717, 1.165) is 35.7 Å². The van der Waals surface area contributed by atoms with Gasteiger partial charge in [0.1, 0.15) is 0 Å². The number of nitrogens with one attached hydrogen (secondary N) is 1. The van der Waals surface area contributed by atoms with Gasteiger partial charge < -0.3 is 10.4 Å². The zero-order chi connectivity index (χ0) is 41.5. The van der Waals surface area contributed by atoms with Crippen molar-refractivity contribution in [3.63, 3.8) is 0 Å². The van der Waals surface area contributed by atoms with Crippen LogP contribution in [-0.2, 0) is 11.2 Å². The zero-order valence-corrected chi connectivity index (χ0v) is 35.5. The molecular weight excluding hydrogens is 677 g/mol. The summed E-state index contributed by atoms with van der Waals surface area (Å²) in [6.07, 6.45) is 39.6. The second kappa shape index (κ2) is 21.3. The van der Waals surface area contributed by atoms with E-state index in [1.165, 1.54) is 75.3 Å². The first kappa shape index (κ1) is 47.1. The van der Waals surface area contributed by atoms with Crippen LogP contribution in [0.3, 0.4) is 0 Å². The topological polar surface area (TPSA) is 79.3 Å². The molecule has 0 spiro atoms. The molecule has 0 aliphatic heterocycles. The SMILES string of the molecule is C#C.C#C.C=CC.CC.CC1(C)C(c2ccc(C(=O)O)cc2)=CC[C@@]2(C)C1CC[C@@]1(C)C3CC[C@@]4(C)CCCC4[C@H]3CCC12.O=CNCCc1cccnc1. The minimum absolute atomic E-state index is 0.104. The fraction of sp³-hybridized carbons (Fsp3) is 0.580. The third-order valence-corrected chi connectivity index (χ3v) is 14.3. The van der Waals surface area contributed by atoms with Gasteiger partial charge in [0.05, 0.1) is 5.56 Å². The molecule has 5 aliphatic carbocycles. The molecule has 4 fully saturated rings. The molecule has 8 atom stereocenters. The molecule has 5 heteroatoms. The Balaban J connectivity index is 0.000000438. The van der Waals surface area contributed by atoms with E-state index in [1.54, 1.807) is 30.6 Å². The second-order valence-corrected chi connectivity index (χ2v) is 17.2. The maximum absolute atomic E-state index is 11.4. The quantitative estimate of drug-likeness (QED) is 0.133. The van der Waals surface area contributed by atoms with Crippen molar-refractivity contribution < 1.29 is 14.7 Å². The lowest BCUT2D eigenvalue weighted by molar-refractivity contribution is -0.176. The standard InChI is InChI=1S/C33H46O2.C8H10N2O.C3H6.C2H6.2C2H2/c1-30(2)24(21-8-10-22(11-9-21)29(34)35)15-19-33(5)27(30)16-20-32(4)26-14-18-31(3)17-6-7-25(31)23(26)12-13-28(32)33;11-7-10-5-3-8-2-1-4-9-6-8;1-3-2;3*1-2/h8-11,15,23,25-28H,6-7,12-14,16-20H2,1-5H3,(H,34,35);1-2,4,6-7H,3,5H2,(H,10,11);3H,1H2,2H3;1-2H3;2*1-2H/t23-,25?,26?,27?,28?,31-,32+,33+;;;;;/m1...../s1. The third kappa shape index (κ3) is 10.0. The van der Waals surface area contributed by atoms with Gasteiger partial charge in [0.15, 0.2) is 0 Å². The highest BCUT2D eigenvalue weighted by Crippen LogP contribution is 2.73. The maximum atomic E-state index is 11.4. The molecule has 1 aromatic carbocycles. The van der Waals surface area contributed by atoms with Crippen LogP contribution in [0.2, 0.25) is 0 Å². The van der Waals surface area contributed by atoms with Crippen molar-refractivity contribution >= 4 is 18.0 Å². The van der Waals surface area contributed by atoms with Gasteiger partial charge in [-0.1, -0.05) is 85.2 Å². The minimum atomic E-state index is -0.844. The van der Waals surface area contributed by atoms with Crippen LogP contribution < -0.4 is 5.32 Å². The largest absolute Gasteiger partial charge is 0.478 e. The number of hydrogen-bond donors (Lipinski definition) is 2. The number of carbonyl (C=O) groups excluding carboxylic acids is 1. The van der Waals surface area contributed by atoms with E-state index in [1.807, 2.05) is 45.0 Å². The van der Waals surface area contributed by atoms with Gasteiger partial charge in [-0.15, -0.1) is 32.3 Å². The smallest absolute Gasteiger partial charge is 0.335 e. The number of aromatic nitrogens is 1. The van der Waals surface area contributed by atoms with Gasteiger partial charge in [-0.2, -0.15) is 0 Å². The number of allylic oxidation sites excluding steroid dienone is 3. The van der Waals surface area contributed by atoms with E-state index in [-0.39, 0.29) is 5.41 Å². The van der Waals surface area contributed by atoms with Crippen molar-refractivity contribution in [2.24, 2.45) is 51.2 Å². The van der Waals surface area contributed by atoms with Crippen molar-refractivity contribution in [1.82, 2.24) is 10.3 Å². The number of rotatable bonds is 6. The first-order chi connectivity index (χ1) is 26.4. The number of nitrogens with zero attached hydrogens (tertiary/aromatic N) is 1. The van der Waals surface area contributed by atoms with Crippen LogP contribution >= 0.6 is 0 Å². The van der Waals surface area contributed by atoms with Crippen LogP contribution in [0.5, 0.6) is 0 Å². The molecule has 300 valence electrons. The number of carboxylic acid groups (broad SMARTS) is 1. The highest BCUT2D eigenvalue weighted by atomic mass is 16.4. The monoisotopic (exact) mass is 749 g/mol. The number of aromatic carboxylic acids is 1. The summed E-state index contributed by atoms with van der Waals surface area (Å²) >= 11 is 0. The maximum Gasteiger partial charge on any atom is 0.335 e. The summed E-state index contributed by atoms with van der Waals surface area (Å²) < 4.78 is 0. The Bertz CT molecular complexity index is 1570. The summed E-state index contributed by atoms with van der Waals surface area (Å²) in [6, 6.07) is 11.5. The number of benzene rings is 1. The summed E-state index contributed by atoms with van der Waals surface area (Å²) in [6.45, 7) is 22.9. The van der Waals surface area contributed by atoms with Crippen molar-refractivity contribution in [3.05, 3.63) is 84.2 Å². The highest BCUT2D eigenvalue weighted by molar-refractivity contribution is 5.88. The fourth-order valence-electron chi connectivity index (χ4n) is 12.3. The third-order valence-electron chi connectivity index (χ3n) is 14.3. The Morgan fingerprint density at radius 2 is 1.55 bits per heavy atom. The number of fused-ring (bicyclic) bond motifs is 7. The Morgan fingerprint density at radius 3 is 2.13 bits per heavy atom. The molecule has 2 N–H and O–H groups in total. The lowest BCUT2D eigenvalue weighted by Crippen LogP contribution is -2.60. The van der Waals surface area contributed by atoms with Gasteiger partial charge >= 0.3 is 5.97 Å².